The number of carbonyl (C=O) groups excluding carboxylic acids is 1. The van der Waals surface area contributed by atoms with Crippen LogP contribution in [0, 0.1) is 0 Å². The van der Waals surface area contributed by atoms with Crippen molar-refractivity contribution in [3.63, 3.8) is 0 Å². The van der Waals surface area contributed by atoms with Crippen LogP contribution in [0.15, 0.2) is 40.6 Å². The number of nitrogens with two attached hydrogens (primary N) is 1. The van der Waals surface area contributed by atoms with Crippen LogP contribution in [-0.2, 0) is 4.79 Å². The maximum absolute atomic E-state index is 12.6. The third-order valence-electron chi connectivity index (χ3n) is 5.06. The van der Waals surface area contributed by atoms with E-state index in [4.69, 9.17) is 5.73 Å². The standard InChI is InChI=1S/C17H19N9O/c18-17(20-10-5-6-12-13(9-10)24-25-23-12)21-15-14(16(27)22-17)19-7-8-26(15)11-3-1-2-4-11/h5-9,11,20H,1-4,18H2,(H,22,27)(H,23,24,25). The lowest BCUT2D eigenvalue weighted by Crippen LogP contribution is -2.67. The Morgan fingerprint density at radius 3 is 2.89 bits per heavy atom. The molecule has 0 radical (unpaired) electrons. The Morgan fingerprint density at radius 1 is 1.22 bits per heavy atom. The smallest absolute Gasteiger partial charge is 0.278 e. The van der Waals surface area contributed by atoms with Gasteiger partial charge >= 0.3 is 0 Å². The molecule has 1 amide bonds. The molecule has 5 N–H and O–H groups in total. The number of amidine groups is 1. The Kier molecular flexibility index (Phi) is 3.47. The summed E-state index contributed by atoms with van der Waals surface area (Å²) in [6.45, 7) is 0. The second-order valence-corrected chi connectivity index (χ2v) is 6.93. The molecule has 1 unspecified atom stereocenters. The highest BCUT2D eigenvalue weighted by Crippen LogP contribution is 2.27. The van der Waals surface area contributed by atoms with Crippen molar-refractivity contribution in [3.05, 3.63) is 30.6 Å². The van der Waals surface area contributed by atoms with E-state index in [0.717, 1.165) is 18.4 Å². The molecule has 1 atom stereocenters. The molecule has 1 aliphatic carbocycles. The van der Waals surface area contributed by atoms with Crippen molar-refractivity contribution >= 4 is 34.2 Å². The van der Waals surface area contributed by atoms with Crippen LogP contribution in [0.1, 0.15) is 25.7 Å². The van der Waals surface area contributed by atoms with Gasteiger partial charge in [0.05, 0.1) is 0 Å². The van der Waals surface area contributed by atoms with E-state index in [9.17, 15) is 4.79 Å². The maximum atomic E-state index is 12.6. The van der Waals surface area contributed by atoms with E-state index in [1.165, 1.54) is 12.8 Å². The summed E-state index contributed by atoms with van der Waals surface area (Å²) >= 11 is 0. The van der Waals surface area contributed by atoms with Gasteiger partial charge in [-0.2, -0.15) is 15.4 Å². The van der Waals surface area contributed by atoms with Gasteiger partial charge in [-0.05, 0) is 31.0 Å². The first-order chi connectivity index (χ1) is 13.1. The van der Waals surface area contributed by atoms with E-state index in [1.807, 2.05) is 23.2 Å². The molecule has 1 aromatic carbocycles. The van der Waals surface area contributed by atoms with Crippen LogP contribution in [0.4, 0.5) is 5.69 Å². The summed E-state index contributed by atoms with van der Waals surface area (Å²) in [5, 5.41) is 16.4. The summed E-state index contributed by atoms with van der Waals surface area (Å²) in [7, 11) is 0. The molecule has 3 aliphatic rings. The highest BCUT2D eigenvalue weighted by molar-refractivity contribution is 6.67. The Labute approximate surface area is 154 Å². The minimum absolute atomic E-state index is 0.291. The molecule has 138 valence electrons. The van der Waals surface area contributed by atoms with Crippen LogP contribution in [0.2, 0.25) is 0 Å². The molecule has 2 aromatic rings. The second-order valence-electron chi connectivity index (χ2n) is 6.93. The number of nitrogens with zero attached hydrogens (tertiary/aromatic N) is 5. The zero-order valence-electron chi connectivity index (χ0n) is 14.5. The number of hydrogen-bond donors (Lipinski definition) is 4. The predicted octanol–water partition coefficient (Wildman–Crippen LogP) is 0.638. The van der Waals surface area contributed by atoms with Crippen LogP contribution in [0.25, 0.3) is 11.0 Å². The van der Waals surface area contributed by atoms with E-state index in [-0.39, 0.29) is 5.91 Å². The van der Waals surface area contributed by atoms with Crippen LogP contribution >= 0.6 is 0 Å². The number of aromatic amines is 1. The molecule has 1 fully saturated rings. The second kappa shape index (κ2) is 5.88. The summed E-state index contributed by atoms with van der Waals surface area (Å²) in [4.78, 5) is 23.5. The number of carbonyl (C=O) groups is 1. The normalized spacial score (nSPS) is 25.2. The minimum atomic E-state index is -1.48. The van der Waals surface area contributed by atoms with Gasteiger partial charge in [0, 0.05) is 24.1 Å². The predicted molar refractivity (Wildman–Crippen MR) is 101 cm³/mol. The fourth-order valence-corrected chi connectivity index (χ4v) is 3.80. The summed E-state index contributed by atoms with van der Waals surface area (Å²) in [6, 6.07) is 5.72. The molecule has 0 spiro atoms. The number of hydrogen-bond acceptors (Lipinski definition) is 8. The van der Waals surface area contributed by atoms with E-state index < -0.39 is 5.91 Å². The molecule has 0 bridgehead atoms. The number of fused-ring (bicyclic) bond motifs is 2. The Morgan fingerprint density at radius 2 is 2.04 bits per heavy atom. The zero-order chi connectivity index (χ0) is 18.4. The van der Waals surface area contributed by atoms with Gasteiger partial charge in [-0.1, -0.05) is 12.8 Å². The van der Waals surface area contributed by atoms with Gasteiger partial charge in [-0.25, -0.2) is 9.98 Å². The molecule has 1 aromatic heterocycles. The fourth-order valence-electron chi connectivity index (χ4n) is 3.80. The number of amides is 1. The van der Waals surface area contributed by atoms with Crippen molar-refractivity contribution < 1.29 is 4.79 Å². The molecule has 3 heterocycles. The van der Waals surface area contributed by atoms with Gasteiger partial charge in [0.25, 0.3) is 11.8 Å². The third-order valence-corrected chi connectivity index (χ3v) is 5.06. The lowest BCUT2D eigenvalue weighted by atomic mass is 10.1. The Hall–Kier alpha value is -3.27. The first-order valence-electron chi connectivity index (χ1n) is 8.94. The van der Waals surface area contributed by atoms with Crippen molar-refractivity contribution in [3.8, 4) is 0 Å². The first kappa shape index (κ1) is 15.9. The Bertz CT molecular complexity index is 1000. The molecule has 10 nitrogen and oxygen atoms in total. The van der Waals surface area contributed by atoms with E-state index in [1.54, 1.807) is 12.3 Å². The Balaban J connectivity index is 1.49. The summed E-state index contributed by atoms with van der Waals surface area (Å²) in [5.74, 6) is -1.33. The molecule has 5 rings (SSSR count). The lowest BCUT2D eigenvalue weighted by molar-refractivity contribution is -0.116. The van der Waals surface area contributed by atoms with Gasteiger partial charge in [0.2, 0.25) is 0 Å². The molecule has 27 heavy (non-hydrogen) atoms. The first-order valence-corrected chi connectivity index (χ1v) is 8.94. The topological polar surface area (TPSA) is 137 Å². The maximum Gasteiger partial charge on any atom is 0.278 e. The zero-order valence-corrected chi connectivity index (χ0v) is 14.5. The monoisotopic (exact) mass is 365 g/mol. The van der Waals surface area contributed by atoms with E-state index >= 15 is 0 Å². The largest absolute Gasteiger partial charge is 0.331 e. The molecule has 2 aliphatic heterocycles. The van der Waals surface area contributed by atoms with Crippen molar-refractivity contribution in [2.75, 3.05) is 5.32 Å². The SMILES string of the molecule is NC1(Nc2ccc3n[nH]nc3c2)N=C2C(=NC=CN2C2CCCC2)C(=O)N1. The van der Waals surface area contributed by atoms with Crippen molar-refractivity contribution in [2.24, 2.45) is 15.7 Å². The molecule has 10 heteroatoms. The minimum Gasteiger partial charge on any atom is -0.331 e. The number of H-pyrrole nitrogens is 1. The third kappa shape index (κ3) is 2.74. The van der Waals surface area contributed by atoms with Gasteiger partial charge in [-0.3, -0.25) is 15.8 Å². The van der Waals surface area contributed by atoms with Crippen LogP contribution < -0.4 is 16.4 Å². The van der Waals surface area contributed by atoms with Gasteiger partial charge in [0.1, 0.15) is 11.0 Å². The number of benzene rings is 1. The van der Waals surface area contributed by atoms with Crippen LogP contribution in [0.3, 0.4) is 0 Å². The van der Waals surface area contributed by atoms with Crippen LogP contribution in [0.5, 0.6) is 0 Å². The van der Waals surface area contributed by atoms with E-state index in [2.05, 4.69) is 36.0 Å². The van der Waals surface area contributed by atoms with Gasteiger partial charge < -0.3 is 10.2 Å². The number of rotatable bonds is 3. The summed E-state index contributed by atoms with van der Waals surface area (Å²) in [6.07, 6.45) is 7.98. The highest BCUT2D eigenvalue weighted by Gasteiger charge is 2.41. The molecular weight excluding hydrogens is 346 g/mol. The number of aromatic nitrogens is 3. The molecular formula is C17H19N9O. The fraction of sp³-hybridized carbons (Fsp3) is 0.353. The molecule has 1 saturated carbocycles. The quantitative estimate of drug-likeness (QED) is 0.589. The molecule has 0 saturated heterocycles. The summed E-state index contributed by atoms with van der Waals surface area (Å²) < 4.78 is 0. The van der Waals surface area contributed by atoms with Crippen molar-refractivity contribution in [2.45, 2.75) is 37.6 Å². The number of aliphatic imine (C=N–C) groups is 2. The average molecular weight is 365 g/mol. The van der Waals surface area contributed by atoms with Gasteiger partial charge in [0.15, 0.2) is 11.5 Å². The van der Waals surface area contributed by atoms with Gasteiger partial charge in [-0.15, -0.1) is 0 Å². The average Bonchev–Trinajstić information content (AvgIpc) is 3.32. The lowest BCUT2D eigenvalue weighted by Gasteiger charge is -2.38. The van der Waals surface area contributed by atoms with Crippen LogP contribution in [-0.4, -0.2) is 49.7 Å². The summed E-state index contributed by atoms with van der Waals surface area (Å²) in [5.41, 5.74) is 8.78. The van der Waals surface area contributed by atoms with Crippen molar-refractivity contribution in [1.82, 2.24) is 25.6 Å². The van der Waals surface area contributed by atoms with Crippen molar-refractivity contribution in [1.29, 1.82) is 0 Å². The number of nitrogens with one attached hydrogen (secondary N) is 3. The van der Waals surface area contributed by atoms with E-state index in [0.29, 0.717) is 28.8 Å². The number of anilines is 1. The highest BCUT2D eigenvalue weighted by atomic mass is 16.2.